The first kappa shape index (κ1) is 16.7. The van der Waals surface area contributed by atoms with Crippen LogP contribution in [0.25, 0.3) is 0 Å². The van der Waals surface area contributed by atoms with Gasteiger partial charge in [0.2, 0.25) is 0 Å². The van der Waals surface area contributed by atoms with Crippen LogP contribution in [-0.4, -0.2) is 49.4 Å². The quantitative estimate of drug-likeness (QED) is 0.916. The first-order chi connectivity index (χ1) is 12.2. The number of piperidine rings is 1. The van der Waals surface area contributed by atoms with Crippen molar-refractivity contribution in [2.45, 2.75) is 50.7 Å². The van der Waals surface area contributed by atoms with Crippen LogP contribution in [0.15, 0.2) is 24.3 Å². The number of carbonyl (C=O) groups excluding carboxylic acids is 1. The third kappa shape index (κ3) is 3.47. The highest BCUT2D eigenvalue weighted by atomic mass is 16.5. The Morgan fingerprint density at radius 3 is 2.80 bits per heavy atom. The Morgan fingerprint density at radius 1 is 1.24 bits per heavy atom. The van der Waals surface area contributed by atoms with Crippen LogP contribution in [0, 0.1) is 5.92 Å². The van der Waals surface area contributed by atoms with E-state index in [1.165, 1.54) is 18.4 Å². The number of amides is 2. The molecule has 2 saturated heterocycles. The highest BCUT2D eigenvalue weighted by molar-refractivity contribution is 5.74. The van der Waals surface area contributed by atoms with Crippen molar-refractivity contribution >= 4 is 6.03 Å². The van der Waals surface area contributed by atoms with Crippen molar-refractivity contribution in [3.8, 4) is 5.75 Å². The van der Waals surface area contributed by atoms with Crippen molar-refractivity contribution in [2.24, 2.45) is 5.92 Å². The molecule has 0 aromatic heterocycles. The predicted octanol–water partition coefficient (Wildman–Crippen LogP) is 3.15. The van der Waals surface area contributed by atoms with E-state index in [-0.39, 0.29) is 18.0 Å². The fraction of sp³-hybridized carbons (Fsp3) is 0.650. The molecule has 136 valence electrons. The molecule has 0 aliphatic carbocycles. The van der Waals surface area contributed by atoms with E-state index in [0.29, 0.717) is 18.6 Å². The molecule has 1 aromatic rings. The molecule has 0 saturated carbocycles. The largest absolute Gasteiger partial charge is 0.493 e. The molecule has 3 heterocycles. The number of nitrogens with zero attached hydrogens (tertiary/aromatic N) is 1. The minimum atomic E-state index is 0.0580. The Labute approximate surface area is 149 Å². The van der Waals surface area contributed by atoms with Crippen LogP contribution in [-0.2, 0) is 4.74 Å². The number of ether oxygens (including phenoxy) is 2. The molecule has 1 aromatic carbocycles. The normalized spacial score (nSPS) is 27.6. The second-order valence-corrected chi connectivity index (χ2v) is 7.57. The molecular formula is C20H28N2O3. The van der Waals surface area contributed by atoms with Gasteiger partial charge >= 0.3 is 6.03 Å². The van der Waals surface area contributed by atoms with Gasteiger partial charge in [0, 0.05) is 37.2 Å². The number of fused-ring (bicyclic) bond motifs is 1. The van der Waals surface area contributed by atoms with Gasteiger partial charge in [0.1, 0.15) is 5.75 Å². The zero-order valence-electron chi connectivity index (χ0n) is 14.9. The summed E-state index contributed by atoms with van der Waals surface area (Å²) in [7, 11) is 0. The van der Waals surface area contributed by atoms with E-state index in [2.05, 4.69) is 18.3 Å². The van der Waals surface area contributed by atoms with E-state index in [0.717, 1.165) is 38.3 Å². The predicted molar refractivity (Wildman–Crippen MR) is 95.9 cm³/mol. The van der Waals surface area contributed by atoms with Crippen LogP contribution in [0.2, 0.25) is 0 Å². The zero-order valence-corrected chi connectivity index (χ0v) is 14.9. The van der Waals surface area contributed by atoms with E-state index in [9.17, 15) is 4.79 Å². The summed E-state index contributed by atoms with van der Waals surface area (Å²) < 4.78 is 11.6. The van der Waals surface area contributed by atoms with E-state index >= 15 is 0 Å². The molecule has 2 amide bonds. The molecule has 0 spiro atoms. The van der Waals surface area contributed by atoms with Crippen LogP contribution < -0.4 is 10.1 Å². The standard InChI is InChI=1S/C20H28N2O3/c1-14(17-13-25-19-6-3-2-5-16(17)19)21-20(23)22-10-8-15(9-11-22)18-7-4-12-24-18/h2-3,5-6,14-15,17-18H,4,7-13H2,1H3,(H,21,23)/t14-,17-,18+/m0/s1. The molecule has 5 heteroatoms. The monoisotopic (exact) mass is 344 g/mol. The molecular weight excluding hydrogens is 316 g/mol. The number of urea groups is 1. The lowest BCUT2D eigenvalue weighted by Gasteiger charge is -2.35. The summed E-state index contributed by atoms with van der Waals surface area (Å²) in [6.07, 6.45) is 4.92. The van der Waals surface area contributed by atoms with Gasteiger partial charge in [0.05, 0.1) is 12.7 Å². The lowest BCUT2D eigenvalue weighted by Crippen LogP contribution is -2.49. The Kier molecular flexibility index (Phi) is 4.84. The van der Waals surface area contributed by atoms with Gasteiger partial charge in [-0.15, -0.1) is 0 Å². The summed E-state index contributed by atoms with van der Waals surface area (Å²) in [4.78, 5) is 14.6. The van der Waals surface area contributed by atoms with Gasteiger partial charge < -0.3 is 19.7 Å². The Hall–Kier alpha value is -1.75. The third-order valence-electron chi connectivity index (χ3n) is 6.01. The zero-order chi connectivity index (χ0) is 17.2. The van der Waals surface area contributed by atoms with Gasteiger partial charge in [-0.05, 0) is 44.6 Å². The third-order valence-corrected chi connectivity index (χ3v) is 6.01. The van der Waals surface area contributed by atoms with Crippen molar-refractivity contribution in [3.05, 3.63) is 29.8 Å². The van der Waals surface area contributed by atoms with E-state index in [1.807, 2.05) is 23.1 Å². The molecule has 0 radical (unpaired) electrons. The smallest absolute Gasteiger partial charge is 0.317 e. The second kappa shape index (κ2) is 7.24. The maximum Gasteiger partial charge on any atom is 0.317 e. The van der Waals surface area contributed by atoms with E-state index in [4.69, 9.17) is 9.47 Å². The maximum absolute atomic E-state index is 12.6. The highest BCUT2D eigenvalue weighted by Crippen LogP contribution is 2.35. The summed E-state index contributed by atoms with van der Waals surface area (Å²) in [5.41, 5.74) is 1.20. The van der Waals surface area contributed by atoms with Crippen LogP contribution in [0.5, 0.6) is 5.75 Å². The number of hydrogen-bond donors (Lipinski definition) is 1. The average Bonchev–Trinajstić information content (AvgIpc) is 3.31. The van der Waals surface area contributed by atoms with Crippen molar-refractivity contribution in [3.63, 3.8) is 0 Å². The molecule has 5 nitrogen and oxygen atoms in total. The minimum absolute atomic E-state index is 0.0580. The molecule has 3 aliphatic heterocycles. The van der Waals surface area contributed by atoms with Gasteiger partial charge in [-0.2, -0.15) is 0 Å². The molecule has 25 heavy (non-hydrogen) atoms. The lowest BCUT2D eigenvalue weighted by molar-refractivity contribution is 0.0370. The van der Waals surface area contributed by atoms with Crippen molar-refractivity contribution in [1.82, 2.24) is 10.2 Å². The van der Waals surface area contributed by atoms with Crippen LogP contribution >= 0.6 is 0 Å². The number of hydrogen-bond acceptors (Lipinski definition) is 3. The van der Waals surface area contributed by atoms with Gasteiger partial charge in [0.25, 0.3) is 0 Å². The number of nitrogens with one attached hydrogen (secondary N) is 1. The number of para-hydroxylation sites is 1. The van der Waals surface area contributed by atoms with Crippen LogP contribution in [0.1, 0.15) is 44.1 Å². The Bertz CT molecular complexity index is 607. The second-order valence-electron chi connectivity index (χ2n) is 7.57. The van der Waals surface area contributed by atoms with Crippen molar-refractivity contribution in [1.29, 1.82) is 0 Å². The number of carbonyl (C=O) groups is 1. The summed E-state index contributed by atoms with van der Waals surface area (Å²) in [6, 6.07) is 8.24. The molecule has 3 aliphatic rings. The highest BCUT2D eigenvalue weighted by Gasteiger charge is 2.33. The summed E-state index contributed by atoms with van der Waals surface area (Å²) in [5.74, 6) is 1.80. The number of rotatable bonds is 3. The van der Waals surface area contributed by atoms with Crippen molar-refractivity contribution < 1.29 is 14.3 Å². The minimum Gasteiger partial charge on any atom is -0.493 e. The molecule has 4 rings (SSSR count). The number of benzene rings is 1. The SMILES string of the molecule is C[C@H](NC(=O)N1CCC([C@H]2CCCO2)CC1)[C@@H]1COc2ccccc21. The Balaban J connectivity index is 1.29. The summed E-state index contributed by atoms with van der Waals surface area (Å²) >= 11 is 0. The van der Waals surface area contributed by atoms with Crippen molar-refractivity contribution in [2.75, 3.05) is 26.3 Å². The first-order valence-corrected chi connectivity index (χ1v) is 9.61. The van der Waals surface area contributed by atoms with Crippen LogP contribution in [0.3, 0.4) is 0 Å². The van der Waals surface area contributed by atoms with Gasteiger partial charge in [-0.25, -0.2) is 4.79 Å². The molecule has 1 N–H and O–H groups in total. The fourth-order valence-corrected chi connectivity index (χ4v) is 4.44. The summed E-state index contributed by atoms with van der Waals surface area (Å²) in [5, 5.41) is 3.19. The maximum atomic E-state index is 12.6. The van der Waals surface area contributed by atoms with Gasteiger partial charge in [0.15, 0.2) is 0 Å². The lowest BCUT2D eigenvalue weighted by atomic mass is 9.90. The topological polar surface area (TPSA) is 50.8 Å². The number of likely N-dealkylation sites (tertiary alicyclic amines) is 1. The average molecular weight is 344 g/mol. The fourth-order valence-electron chi connectivity index (χ4n) is 4.44. The summed E-state index contributed by atoms with van der Waals surface area (Å²) in [6.45, 7) is 5.30. The van der Waals surface area contributed by atoms with Crippen LogP contribution in [0.4, 0.5) is 4.79 Å². The molecule has 3 atom stereocenters. The van der Waals surface area contributed by atoms with Gasteiger partial charge in [-0.3, -0.25) is 0 Å². The van der Waals surface area contributed by atoms with Gasteiger partial charge in [-0.1, -0.05) is 18.2 Å². The molecule has 0 bridgehead atoms. The van der Waals surface area contributed by atoms with E-state index in [1.54, 1.807) is 0 Å². The van der Waals surface area contributed by atoms with E-state index < -0.39 is 0 Å². The first-order valence-electron chi connectivity index (χ1n) is 9.61. The molecule has 2 fully saturated rings. The Morgan fingerprint density at radius 2 is 2.04 bits per heavy atom. The molecule has 0 unspecified atom stereocenters.